The largest absolute Gasteiger partial charge is 0.497 e. The fourth-order valence-corrected chi connectivity index (χ4v) is 19.1. The van der Waals surface area contributed by atoms with Crippen LogP contribution in [0.1, 0.15) is 383 Å². The second-order valence-electron chi connectivity index (χ2n) is 37.7. The molecule has 0 bridgehead atoms. The third-order valence-electron chi connectivity index (χ3n) is 26.6. The highest BCUT2D eigenvalue weighted by Crippen LogP contribution is 2.49. The van der Waals surface area contributed by atoms with E-state index in [2.05, 4.69) is 0 Å². The standard InChI is InChI=1S/7C17H27NO2/c7*1-18(2)13-16(17(19)11-5-4-6-12-17)14-7-9-15(20-3)10-8-14/h7*7-10,16,19H,4-6,11-13H2,1-3H3/i1D3,2D3,7D,8D,9D,10D,13D2;1D3,7D,8D,9D,10D,16D;1D3,7D,8D,9D,10D,13D2;1D3,2D3,7D,8D,9D,10D;7D,8D,9D,10D,16D;7D,8D,9D,10D,13D2;1D3,7D,8D,9D,10D. The van der Waals surface area contributed by atoms with E-state index in [-0.39, 0.29) is 210 Å². The Morgan fingerprint density at radius 3 is 0.600 bits per heavy atom. The molecule has 7 fully saturated rings. The van der Waals surface area contributed by atoms with Gasteiger partial charge in [0.1, 0.15) is 40.2 Å². The molecule has 0 saturated heterocycles. The molecule has 7 aliphatic rings. The van der Waals surface area contributed by atoms with Gasteiger partial charge in [0.15, 0.2) is 0 Å². The number of aliphatic hydroxyl groups is 7. The molecule has 0 heterocycles. The van der Waals surface area contributed by atoms with Crippen LogP contribution in [-0.2, 0) is 0 Å². The SMILES string of the molecule is [2H]c1c([2H])c(C(C2(O)CCCCC2)C([2H])([2H])N(C([2H])([2H])[2H])C([2H])([2H])[2H])c([2H])c([2H])c1OC.[2H]c1c([2H])c(C(C2(O)CCCCC2)C([2H])([2H])N(C)C([2H])([2H])[2H])c([2H])c([2H])c1OC.[2H]c1c([2H])c(C(C2(O)CCCCC2)C([2H])([2H])N(C)C)c([2H])c([2H])c1OC.[2H]c1c([2H])c(C(CN(C([2H])([2H])[2H])C([2H])([2H])[2H])C2(O)CCCCC2)c([2H])c([2H])c1OC.[2H]c1c([2H])c(C(CN(C)C([2H])([2H])[2H])C2(O)CCCCC2)c([2H])c([2H])c1OC.[2H]c1c([2H])c(C([2H])(CN(C)C([2H])([2H])[2H])C2(O)CCCCC2)c([2H])c([2H])c1OC.[2H]c1c([2H])c(C([2H])(CN(C)C)C2(O)CCCCC2)c([2H])c([2H])c1OC. The fourth-order valence-electron chi connectivity index (χ4n) is 19.1. The van der Waals surface area contributed by atoms with E-state index in [1.54, 1.807) is 33.1 Å². The van der Waals surface area contributed by atoms with Crippen molar-refractivity contribution in [1.29, 1.82) is 0 Å². The molecule has 21 nitrogen and oxygen atoms in total. The maximum atomic E-state index is 11.5. The molecule has 7 atom stereocenters. The van der Waals surface area contributed by atoms with Crippen molar-refractivity contribution in [3.8, 4) is 40.2 Å². The summed E-state index contributed by atoms with van der Waals surface area (Å²) in [5.74, 6) is -12.4. The first-order valence-corrected chi connectivity index (χ1v) is 48.2. The van der Waals surface area contributed by atoms with Crippen molar-refractivity contribution < 1.29 is 147 Å². The van der Waals surface area contributed by atoms with Gasteiger partial charge in [-0.25, -0.2) is 0 Å². The molecule has 0 aromatic heterocycles. The number of likely N-dealkylation sites (N-methyl/N-ethyl adjacent to an activating group) is 7. The van der Waals surface area contributed by atoms with Crippen LogP contribution in [0.2, 0.25) is 0 Å². The third-order valence-corrected chi connectivity index (χ3v) is 26.6. The fraction of sp³-hybridized carbons (Fsp3) is 0.647. The number of methoxy groups -OCH3 is 7. The molecule has 7 unspecified atom stereocenters. The van der Waals surface area contributed by atoms with Crippen molar-refractivity contribution in [1.82, 2.24) is 34.3 Å². The van der Waals surface area contributed by atoms with Gasteiger partial charge in [-0.2, -0.15) is 0 Å². The van der Waals surface area contributed by atoms with Gasteiger partial charge in [0, 0.05) is 127 Å². The van der Waals surface area contributed by atoms with Crippen molar-refractivity contribution >= 4 is 0 Å². The van der Waals surface area contributed by atoms with Gasteiger partial charge in [-0.05, 0) is 312 Å². The Hall–Kier alpha value is -7.42. The summed E-state index contributed by atoms with van der Waals surface area (Å²) in [6, 6.07) is -12.5. The average molecular weight is 2000 g/mol. The van der Waals surface area contributed by atoms with Gasteiger partial charge >= 0.3 is 0 Å². The zero-order valence-electron chi connectivity index (χ0n) is 141. The zero-order chi connectivity index (χ0) is 151. The summed E-state index contributed by atoms with van der Waals surface area (Å²) < 4.78 is 497. The molecule has 7 aromatic carbocycles. The van der Waals surface area contributed by atoms with Crippen LogP contribution in [0.4, 0.5) is 0 Å². The lowest BCUT2D eigenvalue weighted by atomic mass is 9.72. The van der Waals surface area contributed by atoms with Gasteiger partial charge in [-0.1, -0.05) is 219 Å². The number of rotatable bonds is 35. The second kappa shape index (κ2) is 58.7. The Morgan fingerprint density at radius 1 is 0.221 bits per heavy atom. The molecular weight excluding hydrogens is 1750 g/mol. The van der Waals surface area contributed by atoms with Crippen molar-refractivity contribution in [2.24, 2.45) is 0 Å². The Bertz CT molecular complexity index is 7310. The number of hydrogen-bond acceptors (Lipinski definition) is 21. The van der Waals surface area contributed by atoms with Gasteiger partial charge in [0.25, 0.3) is 0 Å². The molecule has 7 saturated carbocycles. The van der Waals surface area contributed by atoms with Crippen LogP contribution in [-0.4, -0.2) is 303 Å². The normalized spacial score (nSPS) is 27.1. The van der Waals surface area contributed by atoms with Gasteiger partial charge < -0.3 is 103 Å². The van der Waals surface area contributed by atoms with E-state index in [1.165, 1.54) is 61.7 Å². The highest BCUT2D eigenvalue weighted by atomic mass is 16.5. The Balaban J connectivity index is 0.000000274. The lowest BCUT2D eigenvalue weighted by molar-refractivity contribution is -0.0280. The summed E-state index contributed by atoms with van der Waals surface area (Å²) in [4.78, 5) is 5.61. The van der Waals surface area contributed by atoms with Gasteiger partial charge in [-0.3, -0.25) is 0 Å². The van der Waals surface area contributed by atoms with E-state index < -0.39 is 270 Å². The highest BCUT2D eigenvalue weighted by Gasteiger charge is 2.46. The molecule has 0 amide bonds. The van der Waals surface area contributed by atoms with E-state index >= 15 is 0 Å². The van der Waals surface area contributed by atoms with Gasteiger partial charge in [-0.15, -0.1) is 0 Å². The second-order valence-corrected chi connectivity index (χ2v) is 37.7. The minimum atomic E-state index is -3.46. The minimum Gasteiger partial charge on any atom is -0.497 e. The summed E-state index contributed by atoms with van der Waals surface area (Å²) in [5, 5.41) is 79.7. The van der Waals surface area contributed by atoms with Crippen LogP contribution in [0.15, 0.2) is 169 Å². The first-order chi connectivity index (χ1) is 90.1. The van der Waals surface area contributed by atoms with Gasteiger partial charge in [0.05, 0.1) is 127 Å². The molecule has 7 aromatic rings. The summed E-state index contributed by atoms with van der Waals surface area (Å²) >= 11 is 0. The number of ether oxygens (including phenoxy) is 7. The molecule has 140 heavy (non-hydrogen) atoms. The average Bonchev–Trinajstić information content (AvgIpc) is 0.715. The van der Waals surface area contributed by atoms with E-state index in [4.69, 9.17) is 110 Å². The number of benzene rings is 7. The van der Waals surface area contributed by atoms with Crippen LogP contribution in [0, 0.1) is 0 Å². The van der Waals surface area contributed by atoms with Crippen LogP contribution >= 0.6 is 0 Å². The molecule has 0 radical (unpaired) electrons. The summed E-state index contributed by atoms with van der Waals surface area (Å²) in [6.07, 6.45) is 18.8. The predicted octanol–water partition coefficient (Wildman–Crippen LogP) is 21.2. The molecule has 784 valence electrons. The van der Waals surface area contributed by atoms with E-state index in [0.717, 1.165) is 101 Å². The van der Waals surface area contributed by atoms with Crippen molar-refractivity contribution in [2.75, 3.05) is 194 Å². The first-order valence-electron chi connectivity index (χ1n) is 76.7. The van der Waals surface area contributed by atoms with E-state index in [0.29, 0.717) is 106 Å². The molecule has 0 spiro atoms. The molecule has 0 aliphatic heterocycles. The highest BCUT2D eigenvalue weighted by molar-refractivity contribution is 5.38. The maximum Gasteiger partial charge on any atom is 0.118 e. The molecule has 21 heteroatoms. The quantitative estimate of drug-likeness (QED) is 0.0196. The zero-order valence-corrected chi connectivity index (χ0v) is 84.1. The monoisotopic (exact) mass is 2000 g/mol. The van der Waals surface area contributed by atoms with E-state index in [9.17, 15) is 37.1 Å². The lowest BCUT2D eigenvalue weighted by Gasteiger charge is -2.40. The van der Waals surface area contributed by atoms with Crippen LogP contribution in [0.3, 0.4) is 0 Å². The van der Waals surface area contributed by atoms with Crippen molar-refractivity contribution in [2.45, 2.75) is 305 Å². The molecule has 7 aliphatic carbocycles. The van der Waals surface area contributed by atoms with Crippen molar-refractivity contribution in [3.63, 3.8) is 0 Å². The Kier molecular flexibility index (Phi) is 24.9. The topological polar surface area (TPSA) is 229 Å². The predicted molar refractivity (Wildman–Crippen MR) is 576 cm³/mol. The van der Waals surface area contributed by atoms with Gasteiger partial charge in [0.2, 0.25) is 0 Å². The van der Waals surface area contributed by atoms with Crippen LogP contribution in [0.25, 0.3) is 0 Å². The minimum absolute atomic E-state index is 0.0292. The Morgan fingerprint density at radius 2 is 0.393 bits per heavy atom. The molecule has 14 rings (SSSR count). The first kappa shape index (κ1) is 59.4. The van der Waals surface area contributed by atoms with E-state index in [1.807, 2.05) is 0 Å². The summed E-state index contributed by atoms with van der Waals surface area (Å²) in [6.45, 7) is -29.9. The van der Waals surface area contributed by atoms with Crippen LogP contribution in [0.5, 0.6) is 40.2 Å². The smallest absolute Gasteiger partial charge is 0.118 e. The molecular formula is C119H189N7O14. The molecule has 7 N–H and O–H groups in total. The Labute approximate surface area is 927 Å². The maximum absolute atomic E-state index is 11.5. The third kappa shape index (κ3) is 36.7. The summed E-state index contributed by atoms with van der Waals surface area (Å²) in [5.41, 5.74) is -12.6. The van der Waals surface area contributed by atoms with Crippen LogP contribution < -0.4 is 33.2 Å². The lowest BCUT2D eigenvalue weighted by Crippen LogP contribution is -2.42. The number of hydrogen-bond donors (Lipinski definition) is 7. The van der Waals surface area contributed by atoms with Crippen molar-refractivity contribution in [3.05, 3.63) is 208 Å². The summed E-state index contributed by atoms with van der Waals surface area (Å²) in [7, 11) is 19.0. The number of nitrogens with zero attached hydrogens (tertiary/aromatic N) is 7.